The maximum atomic E-state index is 13.7. The van der Waals surface area contributed by atoms with Gasteiger partial charge in [-0.05, 0) is 86.5 Å². The van der Waals surface area contributed by atoms with Crippen molar-refractivity contribution in [2.24, 2.45) is 39.9 Å². The van der Waals surface area contributed by atoms with E-state index in [1.807, 2.05) is 0 Å². The van der Waals surface area contributed by atoms with Crippen LogP contribution >= 0.6 is 0 Å². The van der Waals surface area contributed by atoms with Gasteiger partial charge in [-0.1, -0.05) is 27.7 Å². The first-order valence-corrected chi connectivity index (χ1v) is 15.3. The predicted molar refractivity (Wildman–Crippen MR) is 156 cm³/mol. The number of aliphatic carboxylic acids is 1. The minimum Gasteiger partial charge on any atom is -0.496 e. The van der Waals surface area contributed by atoms with Crippen LogP contribution in [0.15, 0.2) is 12.1 Å². The fourth-order valence-electron chi connectivity index (χ4n) is 8.10. The molecule has 9 nitrogen and oxygen atoms in total. The maximum absolute atomic E-state index is 13.7. The first kappa shape index (κ1) is 30.2. The van der Waals surface area contributed by atoms with Crippen LogP contribution in [0.4, 0.5) is 0 Å². The lowest BCUT2D eigenvalue weighted by atomic mass is 9.75. The minimum absolute atomic E-state index is 0.0208. The molecule has 4 saturated carbocycles. The second-order valence-electron chi connectivity index (χ2n) is 14.4. The summed E-state index contributed by atoms with van der Waals surface area (Å²) in [5.41, 5.74) is 0.0841. The van der Waals surface area contributed by atoms with E-state index in [9.17, 15) is 24.8 Å². The van der Waals surface area contributed by atoms with Crippen LogP contribution in [0.1, 0.15) is 95.5 Å². The zero-order valence-corrected chi connectivity index (χ0v) is 25.7. The highest BCUT2D eigenvalue weighted by Gasteiger charge is 2.64. The number of ether oxygens (including phenoxy) is 2. The fraction of sp³-hybridized carbons (Fsp3) is 0.697. The van der Waals surface area contributed by atoms with Gasteiger partial charge < -0.3 is 25.2 Å². The van der Waals surface area contributed by atoms with Gasteiger partial charge in [-0.15, -0.1) is 0 Å². The molecule has 4 fully saturated rings. The highest BCUT2D eigenvalue weighted by atomic mass is 16.5. The molecule has 2 amide bonds. The number of carbonyl (C=O) groups excluding carboxylic acids is 2. The number of nitriles is 1. The number of hydrogen-bond donors (Lipinski definition) is 3. The number of carbonyl (C=O) groups is 3. The number of benzene rings is 1. The van der Waals surface area contributed by atoms with Crippen LogP contribution in [0.3, 0.4) is 0 Å². The van der Waals surface area contributed by atoms with E-state index < -0.39 is 11.4 Å². The van der Waals surface area contributed by atoms with Crippen molar-refractivity contribution in [2.75, 3.05) is 13.7 Å². The van der Waals surface area contributed by atoms with E-state index in [-0.39, 0.29) is 75.2 Å². The van der Waals surface area contributed by atoms with Crippen molar-refractivity contribution in [3.05, 3.63) is 23.3 Å². The summed E-state index contributed by atoms with van der Waals surface area (Å²) in [6.07, 6.45) is 4.68. The lowest BCUT2D eigenvalue weighted by Crippen LogP contribution is -2.50. The number of nitrogens with one attached hydrogen (secondary N) is 2. The van der Waals surface area contributed by atoms with E-state index in [0.717, 1.165) is 19.3 Å². The van der Waals surface area contributed by atoms with E-state index in [2.05, 4.69) is 44.4 Å². The molecule has 4 aliphatic carbocycles. The molecule has 42 heavy (non-hydrogen) atoms. The highest BCUT2D eigenvalue weighted by Crippen LogP contribution is 2.68. The van der Waals surface area contributed by atoms with Gasteiger partial charge in [-0.3, -0.25) is 14.4 Å². The summed E-state index contributed by atoms with van der Waals surface area (Å²) >= 11 is 0. The summed E-state index contributed by atoms with van der Waals surface area (Å²) in [6, 6.07) is 4.93. The Morgan fingerprint density at radius 1 is 1.00 bits per heavy atom. The molecule has 1 aromatic rings. The van der Waals surface area contributed by atoms with Crippen molar-refractivity contribution < 1.29 is 29.0 Å². The van der Waals surface area contributed by atoms with Crippen molar-refractivity contribution >= 4 is 17.8 Å². The average molecular weight is 580 g/mol. The SMILES string of the molecule is COc1cc(C#N)c(OC2CCC(C)(C(=O)O)CC2)cc1C(=O)NC1C2CCC(C2)C1C(=O)NCC1C(C)(C)C1(C)C. The zero-order chi connectivity index (χ0) is 30.6. The van der Waals surface area contributed by atoms with Gasteiger partial charge in [0.1, 0.15) is 17.6 Å². The fourth-order valence-corrected chi connectivity index (χ4v) is 8.10. The number of amides is 2. The molecule has 4 aliphatic rings. The lowest BCUT2D eigenvalue weighted by molar-refractivity contribution is -0.150. The van der Waals surface area contributed by atoms with Gasteiger partial charge in [0.2, 0.25) is 5.91 Å². The number of carboxylic acid groups (broad SMARTS) is 1. The zero-order valence-electron chi connectivity index (χ0n) is 25.7. The van der Waals surface area contributed by atoms with Gasteiger partial charge in [0.15, 0.2) is 0 Å². The van der Waals surface area contributed by atoms with Crippen LogP contribution in [0, 0.1) is 51.2 Å². The lowest BCUT2D eigenvalue weighted by Gasteiger charge is -2.34. The molecule has 0 heterocycles. The first-order chi connectivity index (χ1) is 19.7. The van der Waals surface area contributed by atoms with Crippen LogP contribution in [-0.2, 0) is 9.59 Å². The molecule has 0 saturated heterocycles. The van der Waals surface area contributed by atoms with Crippen molar-refractivity contribution in [1.29, 1.82) is 5.26 Å². The molecule has 0 aliphatic heterocycles. The second kappa shape index (κ2) is 10.8. The van der Waals surface area contributed by atoms with Gasteiger partial charge in [-0.25, -0.2) is 0 Å². The Hall–Kier alpha value is -3.28. The Bertz CT molecular complexity index is 1290. The highest BCUT2D eigenvalue weighted by molar-refractivity contribution is 5.98. The van der Waals surface area contributed by atoms with Crippen LogP contribution < -0.4 is 20.1 Å². The Morgan fingerprint density at radius 2 is 1.64 bits per heavy atom. The van der Waals surface area contributed by atoms with Gasteiger partial charge in [-0.2, -0.15) is 5.26 Å². The summed E-state index contributed by atoms with van der Waals surface area (Å²) in [4.78, 5) is 38.9. The topological polar surface area (TPSA) is 138 Å². The molecular formula is C33H45N3O6. The van der Waals surface area contributed by atoms with E-state index in [0.29, 0.717) is 38.1 Å². The summed E-state index contributed by atoms with van der Waals surface area (Å²) < 4.78 is 11.7. The van der Waals surface area contributed by atoms with Crippen LogP contribution in [0.2, 0.25) is 0 Å². The summed E-state index contributed by atoms with van der Waals surface area (Å²) in [5.74, 6) is 0.0440. The monoisotopic (exact) mass is 579 g/mol. The van der Waals surface area contributed by atoms with E-state index in [4.69, 9.17) is 9.47 Å². The van der Waals surface area contributed by atoms with Crippen molar-refractivity contribution in [1.82, 2.24) is 10.6 Å². The smallest absolute Gasteiger partial charge is 0.309 e. The Morgan fingerprint density at radius 3 is 2.21 bits per heavy atom. The second-order valence-corrected chi connectivity index (χ2v) is 14.4. The Balaban J connectivity index is 1.30. The molecule has 3 N–H and O–H groups in total. The summed E-state index contributed by atoms with van der Waals surface area (Å²) in [6.45, 7) is 11.4. The summed E-state index contributed by atoms with van der Waals surface area (Å²) in [5, 5.41) is 25.8. The van der Waals surface area contributed by atoms with Crippen LogP contribution in [-0.4, -0.2) is 48.7 Å². The number of fused-ring (bicyclic) bond motifs is 2. The molecule has 1 aromatic carbocycles. The molecule has 0 spiro atoms. The Labute approximate surface area is 248 Å². The largest absolute Gasteiger partial charge is 0.496 e. The third-order valence-electron chi connectivity index (χ3n) is 11.8. The van der Waals surface area contributed by atoms with Gasteiger partial charge in [0, 0.05) is 18.7 Å². The van der Waals surface area contributed by atoms with Gasteiger partial charge in [0.25, 0.3) is 5.91 Å². The third-order valence-corrected chi connectivity index (χ3v) is 11.8. The third kappa shape index (κ3) is 5.11. The van der Waals surface area contributed by atoms with E-state index >= 15 is 0 Å². The number of methoxy groups -OCH3 is 1. The molecule has 0 aromatic heterocycles. The molecule has 9 heteroatoms. The number of carboxylic acids is 1. The van der Waals surface area contributed by atoms with Gasteiger partial charge >= 0.3 is 5.97 Å². The van der Waals surface area contributed by atoms with Crippen LogP contribution in [0.5, 0.6) is 11.5 Å². The van der Waals surface area contributed by atoms with Gasteiger partial charge in [0.05, 0.1) is 35.7 Å². The number of nitrogens with zero attached hydrogens (tertiary/aromatic N) is 1. The predicted octanol–water partition coefficient (Wildman–Crippen LogP) is 4.92. The van der Waals surface area contributed by atoms with E-state index in [1.54, 1.807) is 13.0 Å². The average Bonchev–Trinajstić information content (AvgIpc) is 3.36. The Kier molecular flexibility index (Phi) is 7.74. The van der Waals surface area contributed by atoms with Crippen LogP contribution in [0.25, 0.3) is 0 Å². The molecule has 2 bridgehead atoms. The molecule has 4 unspecified atom stereocenters. The standard InChI is InChI=1S/C33H45N3O6/c1-31(2)25(32(31,3)4)17-35-29(38)26-18-7-8-19(13-18)27(26)36-28(37)22-15-23(20(16-34)14-24(22)41-6)42-21-9-11-33(5,12-10-21)30(39)40/h14-15,18-19,21,25-27H,7-13,17H2,1-6H3,(H,35,38)(H,36,37)(H,39,40). The first-order valence-electron chi connectivity index (χ1n) is 15.3. The molecule has 228 valence electrons. The maximum Gasteiger partial charge on any atom is 0.309 e. The molecule has 0 radical (unpaired) electrons. The number of rotatable bonds is 9. The molecule has 4 atom stereocenters. The molecular weight excluding hydrogens is 534 g/mol. The number of hydrogen-bond acceptors (Lipinski definition) is 6. The van der Waals surface area contributed by atoms with Crippen molar-refractivity contribution in [2.45, 2.75) is 91.7 Å². The van der Waals surface area contributed by atoms with E-state index in [1.165, 1.54) is 13.2 Å². The molecule has 5 rings (SSSR count). The quantitative estimate of drug-likeness (QED) is 0.377. The minimum atomic E-state index is -0.810. The normalized spacial score (nSPS) is 32.5. The van der Waals surface area contributed by atoms with Crippen molar-refractivity contribution in [3.8, 4) is 17.6 Å². The van der Waals surface area contributed by atoms with Crippen molar-refractivity contribution in [3.63, 3.8) is 0 Å². The summed E-state index contributed by atoms with van der Waals surface area (Å²) in [7, 11) is 1.45.